The van der Waals surface area contributed by atoms with Gasteiger partial charge in [0, 0.05) is 41.0 Å². The lowest BCUT2D eigenvalue weighted by Gasteiger charge is -2.25. The van der Waals surface area contributed by atoms with E-state index in [1.54, 1.807) is 24.3 Å². The standard InChI is InChI=1S/C19H21ClN4O2S/c20-13-4-6-14(7-5-13)21-17(25)11-24-9-8-15-16(10-24)27-19(22-15)23-18(26)12-2-1-3-12/h4-7,12H,1-3,8-11H2,(H,21,25)(H,22,23,26). The fourth-order valence-electron chi connectivity index (χ4n) is 3.25. The highest BCUT2D eigenvalue weighted by Gasteiger charge is 2.27. The number of nitrogens with one attached hydrogen (secondary N) is 2. The first-order chi connectivity index (χ1) is 13.1. The maximum Gasteiger partial charge on any atom is 0.238 e. The summed E-state index contributed by atoms with van der Waals surface area (Å²) in [5.41, 5.74) is 1.78. The first kappa shape index (κ1) is 18.4. The molecule has 2 heterocycles. The minimum Gasteiger partial charge on any atom is -0.325 e. The van der Waals surface area contributed by atoms with E-state index in [-0.39, 0.29) is 17.7 Å². The van der Waals surface area contributed by atoms with Gasteiger partial charge in [-0.3, -0.25) is 14.5 Å². The van der Waals surface area contributed by atoms with Gasteiger partial charge in [0.15, 0.2) is 5.13 Å². The number of carbonyl (C=O) groups excluding carboxylic acids is 2. The van der Waals surface area contributed by atoms with Crippen molar-refractivity contribution >= 4 is 45.6 Å². The second-order valence-electron chi connectivity index (χ2n) is 7.02. The molecule has 2 amide bonds. The minimum atomic E-state index is -0.0520. The highest BCUT2D eigenvalue weighted by molar-refractivity contribution is 7.15. The Morgan fingerprint density at radius 3 is 2.70 bits per heavy atom. The van der Waals surface area contributed by atoms with Crippen molar-refractivity contribution in [1.29, 1.82) is 0 Å². The number of carbonyl (C=O) groups is 2. The summed E-state index contributed by atoms with van der Waals surface area (Å²) < 4.78 is 0. The van der Waals surface area contributed by atoms with Gasteiger partial charge in [-0.25, -0.2) is 4.98 Å². The van der Waals surface area contributed by atoms with Gasteiger partial charge in [0.2, 0.25) is 11.8 Å². The molecule has 8 heteroatoms. The van der Waals surface area contributed by atoms with Crippen LogP contribution in [0.3, 0.4) is 0 Å². The average molecular weight is 405 g/mol. The molecule has 4 rings (SSSR count). The van der Waals surface area contributed by atoms with Crippen LogP contribution < -0.4 is 10.6 Å². The lowest BCUT2D eigenvalue weighted by Crippen LogP contribution is -2.36. The second-order valence-corrected chi connectivity index (χ2v) is 8.54. The Balaban J connectivity index is 1.31. The number of hydrogen-bond donors (Lipinski definition) is 2. The Kier molecular flexibility index (Phi) is 5.43. The predicted octanol–water partition coefficient (Wildman–Crippen LogP) is 3.53. The van der Waals surface area contributed by atoms with E-state index in [0.717, 1.165) is 48.5 Å². The number of thiazole rings is 1. The summed E-state index contributed by atoms with van der Waals surface area (Å²) in [6.07, 6.45) is 3.89. The summed E-state index contributed by atoms with van der Waals surface area (Å²) in [5, 5.41) is 7.17. The van der Waals surface area contributed by atoms with Gasteiger partial charge in [0.1, 0.15) is 0 Å². The fraction of sp³-hybridized carbons (Fsp3) is 0.421. The van der Waals surface area contributed by atoms with Crippen molar-refractivity contribution in [3.05, 3.63) is 39.9 Å². The molecule has 0 radical (unpaired) electrons. The van der Waals surface area contributed by atoms with Gasteiger partial charge in [-0.1, -0.05) is 18.0 Å². The van der Waals surface area contributed by atoms with Crippen LogP contribution in [0.15, 0.2) is 24.3 Å². The fourth-order valence-corrected chi connectivity index (χ4v) is 4.43. The molecular weight excluding hydrogens is 384 g/mol. The molecule has 27 heavy (non-hydrogen) atoms. The second kappa shape index (κ2) is 7.96. The maximum atomic E-state index is 12.3. The van der Waals surface area contributed by atoms with Gasteiger partial charge in [-0.15, -0.1) is 11.3 Å². The van der Waals surface area contributed by atoms with Gasteiger partial charge in [-0.2, -0.15) is 0 Å². The van der Waals surface area contributed by atoms with Crippen molar-refractivity contribution in [2.45, 2.75) is 32.2 Å². The molecule has 1 aliphatic heterocycles. The molecule has 0 atom stereocenters. The summed E-state index contributed by atoms with van der Waals surface area (Å²) in [5.74, 6) is 0.189. The zero-order valence-corrected chi connectivity index (χ0v) is 16.4. The molecule has 2 aliphatic rings. The number of halogens is 1. The van der Waals surface area contributed by atoms with Crippen molar-refractivity contribution in [3.8, 4) is 0 Å². The summed E-state index contributed by atoms with van der Waals surface area (Å²) in [6, 6.07) is 7.08. The number of fused-ring (bicyclic) bond motifs is 1. The van der Waals surface area contributed by atoms with E-state index in [1.165, 1.54) is 11.3 Å². The largest absolute Gasteiger partial charge is 0.325 e. The van der Waals surface area contributed by atoms with Crippen LogP contribution in [0.4, 0.5) is 10.8 Å². The number of anilines is 2. The maximum absolute atomic E-state index is 12.3. The van der Waals surface area contributed by atoms with Gasteiger partial charge >= 0.3 is 0 Å². The van der Waals surface area contributed by atoms with Gasteiger partial charge in [-0.05, 0) is 37.1 Å². The molecule has 1 aromatic heterocycles. The molecule has 2 N–H and O–H groups in total. The third-order valence-corrected chi connectivity index (χ3v) is 6.26. The average Bonchev–Trinajstić information content (AvgIpc) is 2.96. The van der Waals surface area contributed by atoms with Gasteiger partial charge in [0.25, 0.3) is 0 Å². The number of hydrogen-bond acceptors (Lipinski definition) is 5. The highest BCUT2D eigenvalue weighted by atomic mass is 35.5. The summed E-state index contributed by atoms with van der Waals surface area (Å²) in [6.45, 7) is 1.78. The topological polar surface area (TPSA) is 74.3 Å². The van der Waals surface area contributed by atoms with Gasteiger partial charge in [0.05, 0.1) is 12.2 Å². The Morgan fingerprint density at radius 1 is 1.22 bits per heavy atom. The lowest BCUT2D eigenvalue weighted by atomic mass is 9.85. The van der Waals surface area contributed by atoms with E-state index < -0.39 is 0 Å². The summed E-state index contributed by atoms with van der Waals surface area (Å²) in [7, 11) is 0. The number of aromatic nitrogens is 1. The molecule has 2 aromatic rings. The Hall–Kier alpha value is -1.96. The van der Waals surface area contributed by atoms with Crippen molar-refractivity contribution in [2.24, 2.45) is 5.92 Å². The highest BCUT2D eigenvalue weighted by Crippen LogP contribution is 2.31. The normalized spacial score (nSPS) is 17.1. The Labute approximate surface area is 166 Å². The first-order valence-electron chi connectivity index (χ1n) is 9.14. The molecule has 0 unspecified atom stereocenters. The van der Waals surface area contributed by atoms with Crippen LogP contribution >= 0.6 is 22.9 Å². The van der Waals surface area contributed by atoms with E-state index in [4.69, 9.17) is 11.6 Å². The molecule has 142 valence electrons. The van der Waals surface area contributed by atoms with Crippen molar-refractivity contribution in [2.75, 3.05) is 23.7 Å². The predicted molar refractivity (Wildman–Crippen MR) is 107 cm³/mol. The zero-order chi connectivity index (χ0) is 18.8. The van der Waals surface area contributed by atoms with Crippen LogP contribution in [-0.4, -0.2) is 34.8 Å². The van der Waals surface area contributed by atoms with Crippen LogP contribution in [0, 0.1) is 5.92 Å². The molecule has 0 bridgehead atoms. The molecule has 1 fully saturated rings. The van der Waals surface area contributed by atoms with Crippen molar-refractivity contribution in [1.82, 2.24) is 9.88 Å². The van der Waals surface area contributed by atoms with E-state index >= 15 is 0 Å². The number of rotatable bonds is 5. The van der Waals surface area contributed by atoms with E-state index in [2.05, 4.69) is 20.5 Å². The summed E-state index contributed by atoms with van der Waals surface area (Å²) >= 11 is 7.38. The zero-order valence-electron chi connectivity index (χ0n) is 14.8. The molecule has 6 nitrogen and oxygen atoms in total. The van der Waals surface area contributed by atoms with E-state index in [1.807, 2.05) is 0 Å². The quantitative estimate of drug-likeness (QED) is 0.799. The van der Waals surface area contributed by atoms with E-state index in [0.29, 0.717) is 23.2 Å². The lowest BCUT2D eigenvalue weighted by molar-refractivity contribution is -0.122. The Morgan fingerprint density at radius 2 is 2.00 bits per heavy atom. The van der Waals surface area contributed by atoms with Crippen LogP contribution in [0.1, 0.15) is 29.8 Å². The van der Waals surface area contributed by atoms with Crippen LogP contribution in [0.2, 0.25) is 5.02 Å². The third kappa shape index (κ3) is 4.48. The number of nitrogens with zero attached hydrogens (tertiary/aromatic N) is 2. The molecule has 1 aliphatic carbocycles. The molecule has 1 aromatic carbocycles. The number of amides is 2. The Bertz CT molecular complexity index is 848. The monoisotopic (exact) mass is 404 g/mol. The van der Waals surface area contributed by atoms with Crippen LogP contribution in [0.25, 0.3) is 0 Å². The van der Waals surface area contributed by atoms with E-state index in [9.17, 15) is 9.59 Å². The molecule has 1 saturated carbocycles. The smallest absolute Gasteiger partial charge is 0.238 e. The van der Waals surface area contributed by atoms with Crippen LogP contribution in [0.5, 0.6) is 0 Å². The summed E-state index contributed by atoms with van der Waals surface area (Å²) in [4.78, 5) is 32.2. The van der Waals surface area contributed by atoms with Crippen molar-refractivity contribution in [3.63, 3.8) is 0 Å². The van der Waals surface area contributed by atoms with Gasteiger partial charge < -0.3 is 10.6 Å². The SMILES string of the molecule is O=C(CN1CCc2nc(NC(=O)C3CCC3)sc2C1)Nc1ccc(Cl)cc1. The molecular formula is C19H21ClN4O2S. The number of benzene rings is 1. The minimum absolute atomic E-state index is 0.0520. The van der Waals surface area contributed by atoms with Crippen molar-refractivity contribution < 1.29 is 9.59 Å². The molecule has 0 saturated heterocycles. The van der Waals surface area contributed by atoms with Crippen LogP contribution in [-0.2, 0) is 22.6 Å². The third-order valence-electron chi connectivity index (χ3n) is 5.01. The molecule has 0 spiro atoms. The first-order valence-corrected chi connectivity index (χ1v) is 10.3.